The zero-order valence-corrected chi connectivity index (χ0v) is 11.2. The molecule has 0 heterocycles. The fraction of sp³-hybridized carbons (Fsp3) is 0.800. The number of ether oxygens (including phenoxy) is 2. The SMILES string of the molecule is COC(=O)CCC(CCS(=O)(=O)O)CC(=O)OC. The number of carbonyl (C=O) groups is 2. The molecule has 8 heteroatoms. The van der Waals surface area contributed by atoms with Crippen LogP contribution in [0.15, 0.2) is 0 Å². The van der Waals surface area contributed by atoms with E-state index < -0.39 is 27.8 Å². The van der Waals surface area contributed by atoms with E-state index in [-0.39, 0.29) is 25.2 Å². The summed E-state index contributed by atoms with van der Waals surface area (Å²) in [5, 5.41) is 0. The van der Waals surface area contributed by atoms with Crippen LogP contribution < -0.4 is 0 Å². The standard InChI is InChI=1S/C10H18O7S/c1-16-9(11)4-3-8(7-10(12)17-2)5-6-18(13,14)15/h8H,3-7H2,1-2H3,(H,13,14,15). The summed E-state index contributed by atoms with van der Waals surface area (Å²) in [6, 6.07) is 0. The molecule has 0 fully saturated rings. The summed E-state index contributed by atoms with van der Waals surface area (Å²) in [5.74, 6) is -1.72. The highest BCUT2D eigenvalue weighted by molar-refractivity contribution is 7.85. The third-order valence-corrected chi connectivity index (χ3v) is 3.20. The van der Waals surface area contributed by atoms with Gasteiger partial charge < -0.3 is 9.47 Å². The Hall–Kier alpha value is -1.15. The molecule has 0 spiro atoms. The molecule has 1 unspecified atom stereocenters. The highest BCUT2D eigenvalue weighted by Crippen LogP contribution is 2.17. The summed E-state index contributed by atoms with van der Waals surface area (Å²) >= 11 is 0. The Balaban J connectivity index is 4.33. The lowest BCUT2D eigenvalue weighted by Crippen LogP contribution is -2.16. The van der Waals surface area contributed by atoms with Gasteiger partial charge in [-0.1, -0.05) is 0 Å². The fourth-order valence-electron chi connectivity index (χ4n) is 1.41. The van der Waals surface area contributed by atoms with Crippen LogP contribution in [0, 0.1) is 5.92 Å². The lowest BCUT2D eigenvalue weighted by atomic mass is 9.97. The second-order valence-corrected chi connectivity index (χ2v) is 5.41. The van der Waals surface area contributed by atoms with Crippen molar-refractivity contribution in [1.29, 1.82) is 0 Å². The number of hydrogen-bond acceptors (Lipinski definition) is 6. The lowest BCUT2D eigenvalue weighted by Gasteiger charge is -2.14. The molecule has 0 aliphatic rings. The Bertz CT molecular complexity index is 374. The quantitative estimate of drug-likeness (QED) is 0.507. The third kappa shape index (κ3) is 8.94. The van der Waals surface area contributed by atoms with Crippen molar-refractivity contribution in [1.82, 2.24) is 0 Å². The minimum absolute atomic E-state index is 0.00299. The zero-order chi connectivity index (χ0) is 14.2. The molecule has 0 radical (unpaired) electrons. The Morgan fingerprint density at radius 2 is 1.67 bits per heavy atom. The van der Waals surface area contributed by atoms with E-state index in [0.29, 0.717) is 6.42 Å². The predicted molar refractivity (Wildman–Crippen MR) is 62.4 cm³/mol. The predicted octanol–water partition coefficient (Wildman–Crippen LogP) is 0.397. The Kier molecular flexibility index (Phi) is 7.53. The largest absolute Gasteiger partial charge is 0.469 e. The molecule has 106 valence electrons. The van der Waals surface area contributed by atoms with Gasteiger partial charge in [-0.2, -0.15) is 8.42 Å². The van der Waals surface area contributed by atoms with E-state index in [1.54, 1.807) is 0 Å². The van der Waals surface area contributed by atoms with Crippen molar-refractivity contribution < 1.29 is 32.0 Å². The second-order valence-electron chi connectivity index (χ2n) is 3.84. The second kappa shape index (κ2) is 8.04. The Labute approximate surface area is 106 Å². The van der Waals surface area contributed by atoms with Crippen LogP contribution in [-0.2, 0) is 29.2 Å². The molecule has 0 aromatic heterocycles. The first-order valence-corrected chi connectivity index (χ1v) is 6.98. The van der Waals surface area contributed by atoms with Gasteiger partial charge in [-0.3, -0.25) is 14.1 Å². The molecule has 0 aliphatic heterocycles. The van der Waals surface area contributed by atoms with E-state index in [4.69, 9.17) is 4.55 Å². The van der Waals surface area contributed by atoms with E-state index in [0.717, 1.165) is 0 Å². The molecule has 0 aliphatic carbocycles. The molecule has 0 saturated heterocycles. The monoisotopic (exact) mass is 282 g/mol. The zero-order valence-electron chi connectivity index (χ0n) is 10.4. The lowest BCUT2D eigenvalue weighted by molar-refractivity contribution is -0.144. The molecule has 1 N–H and O–H groups in total. The van der Waals surface area contributed by atoms with Gasteiger partial charge in [0.15, 0.2) is 0 Å². The van der Waals surface area contributed by atoms with Crippen molar-refractivity contribution in [3.8, 4) is 0 Å². The van der Waals surface area contributed by atoms with Crippen LogP contribution in [0.1, 0.15) is 25.7 Å². The summed E-state index contributed by atoms with van der Waals surface area (Å²) in [4.78, 5) is 22.1. The first-order chi connectivity index (χ1) is 8.28. The normalized spacial score (nSPS) is 12.8. The molecule has 0 aromatic carbocycles. The van der Waals surface area contributed by atoms with Crippen LogP contribution in [0.3, 0.4) is 0 Å². The molecule has 0 amide bonds. The molecule has 0 aromatic rings. The van der Waals surface area contributed by atoms with Gasteiger partial charge in [0.1, 0.15) is 0 Å². The Morgan fingerprint density at radius 1 is 1.11 bits per heavy atom. The van der Waals surface area contributed by atoms with E-state index >= 15 is 0 Å². The van der Waals surface area contributed by atoms with Crippen molar-refractivity contribution in [3.63, 3.8) is 0 Å². The smallest absolute Gasteiger partial charge is 0.305 e. The number of rotatable bonds is 8. The van der Waals surface area contributed by atoms with Gasteiger partial charge in [0.25, 0.3) is 10.1 Å². The van der Waals surface area contributed by atoms with Crippen molar-refractivity contribution in [2.75, 3.05) is 20.0 Å². The molecule has 0 saturated carbocycles. The van der Waals surface area contributed by atoms with Crippen molar-refractivity contribution in [2.24, 2.45) is 5.92 Å². The van der Waals surface area contributed by atoms with Gasteiger partial charge in [0.2, 0.25) is 0 Å². The maximum atomic E-state index is 11.1. The number of carbonyl (C=O) groups excluding carboxylic acids is 2. The molecular weight excluding hydrogens is 264 g/mol. The van der Waals surface area contributed by atoms with Gasteiger partial charge in [-0.15, -0.1) is 0 Å². The maximum absolute atomic E-state index is 11.1. The summed E-state index contributed by atoms with van der Waals surface area (Å²) in [5.41, 5.74) is 0. The molecular formula is C10H18O7S. The van der Waals surface area contributed by atoms with Crippen LogP contribution in [0.4, 0.5) is 0 Å². The Morgan fingerprint density at radius 3 is 2.11 bits per heavy atom. The van der Waals surface area contributed by atoms with Crippen LogP contribution in [-0.4, -0.2) is 44.9 Å². The number of esters is 2. The van der Waals surface area contributed by atoms with Gasteiger partial charge in [-0.05, 0) is 18.8 Å². The topological polar surface area (TPSA) is 107 Å². The third-order valence-electron chi connectivity index (χ3n) is 2.45. The van der Waals surface area contributed by atoms with Crippen molar-refractivity contribution >= 4 is 22.1 Å². The van der Waals surface area contributed by atoms with E-state index in [1.807, 2.05) is 0 Å². The van der Waals surface area contributed by atoms with Crippen LogP contribution in [0.5, 0.6) is 0 Å². The fourth-order valence-corrected chi connectivity index (χ4v) is 2.04. The average molecular weight is 282 g/mol. The molecule has 0 rings (SSSR count). The first-order valence-electron chi connectivity index (χ1n) is 5.37. The van der Waals surface area contributed by atoms with Gasteiger partial charge >= 0.3 is 11.9 Å². The number of methoxy groups -OCH3 is 2. The molecule has 0 bridgehead atoms. The number of hydrogen-bond donors (Lipinski definition) is 1. The highest BCUT2D eigenvalue weighted by atomic mass is 32.2. The minimum Gasteiger partial charge on any atom is -0.469 e. The van der Waals surface area contributed by atoms with Crippen molar-refractivity contribution in [3.05, 3.63) is 0 Å². The minimum atomic E-state index is -4.07. The van der Waals surface area contributed by atoms with Crippen molar-refractivity contribution in [2.45, 2.75) is 25.7 Å². The van der Waals surface area contributed by atoms with Gasteiger partial charge in [0.05, 0.1) is 20.0 Å². The van der Waals surface area contributed by atoms with Gasteiger partial charge in [-0.25, -0.2) is 0 Å². The molecule has 1 atom stereocenters. The first kappa shape index (κ1) is 16.9. The van der Waals surface area contributed by atoms with E-state index in [2.05, 4.69) is 9.47 Å². The highest BCUT2D eigenvalue weighted by Gasteiger charge is 2.18. The molecule has 7 nitrogen and oxygen atoms in total. The summed E-state index contributed by atoms with van der Waals surface area (Å²) in [6.07, 6.45) is 0.481. The molecule has 18 heavy (non-hydrogen) atoms. The summed E-state index contributed by atoms with van der Waals surface area (Å²) in [6.45, 7) is 0. The van der Waals surface area contributed by atoms with Crippen LogP contribution in [0.25, 0.3) is 0 Å². The van der Waals surface area contributed by atoms with E-state index in [1.165, 1.54) is 14.2 Å². The van der Waals surface area contributed by atoms with Crippen LogP contribution in [0.2, 0.25) is 0 Å². The van der Waals surface area contributed by atoms with Gasteiger partial charge in [0, 0.05) is 12.8 Å². The van der Waals surface area contributed by atoms with Crippen LogP contribution >= 0.6 is 0 Å². The summed E-state index contributed by atoms with van der Waals surface area (Å²) < 4.78 is 38.8. The van der Waals surface area contributed by atoms with E-state index in [9.17, 15) is 18.0 Å². The summed E-state index contributed by atoms with van der Waals surface area (Å²) in [7, 11) is -1.60. The maximum Gasteiger partial charge on any atom is 0.305 e. The average Bonchev–Trinajstić information content (AvgIpc) is 2.30.